The SMILES string of the molecule is C/C=C\CC[C@H](C)C[C@@H](C)CC(=O)N1C[C@H](Oc2nc3c(c4ccccc24)OCCC3)C[C@H]1C(N)=O. The lowest BCUT2D eigenvalue weighted by Gasteiger charge is -2.24. The van der Waals surface area contributed by atoms with E-state index in [4.69, 9.17) is 20.2 Å². The molecule has 1 fully saturated rings. The van der Waals surface area contributed by atoms with Crippen LogP contribution >= 0.6 is 0 Å². The molecule has 4 rings (SSSR count). The molecule has 1 aromatic carbocycles. The van der Waals surface area contributed by atoms with Gasteiger partial charge in [-0.2, -0.15) is 0 Å². The van der Waals surface area contributed by atoms with Gasteiger partial charge in [0.1, 0.15) is 17.9 Å². The number of amides is 2. The lowest BCUT2D eigenvalue weighted by Crippen LogP contribution is -2.44. The molecule has 7 nitrogen and oxygen atoms in total. The molecule has 0 aliphatic carbocycles. The largest absolute Gasteiger partial charge is 0.491 e. The fourth-order valence-corrected chi connectivity index (χ4v) is 5.53. The van der Waals surface area contributed by atoms with E-state index in [0.717, 1.165) is 54.3 Å². The first kappa shape index (κ1) is 26.0. The summed E-state index contributed by atoms with van der Waals surface area (Å²) in [4.78, 5) is 31.9. The number of likely N-dealkylation sites (tertiary alicyclic amines) is 1. The minimum absolute atomic E-state index is 0.0327. The second-order valence-corrected chi connectivity index (χ2v) is 10.4. The van der Waals surface area contributed by atoms with Gasteiger partial charge in [0.15, 0.2) is 0 Å². The molecule has 0 bridgehead atoms. The van der Waals surface area contributed by atoms with Crippen molar-refractivity contribution >= 4 is 22.6 Å². The predicted octanol–water partition coefficient (Wildman–Crippen LogP) is 4.80. The number of carbonyl (C=O) groups is 2. The van der Waals surface area contributed by atoms with Gasteiger partial charge in [0.05, 0.1) is 18.8 Å². The standard InChI is InChI=1S/C29H39N3O4/c1-4-5-6-10-19(2)15-20(3)16-26(33)32-18-21(17-25(32)28(30)34)36-29-23-12-8-7-11-22(23)27-24(31-29)13-9-14-35-27/h4-5,7-8,11-12,19-21,25H,6,9-10,13-18H2,1-3H3,(H2,30,34)/b5-4-/t19-,20+,21+,25-/m0/s1. The molecule has 2 aliphatic rings. The monoisotopic (exact) mass is 493 g/mol. The normalized spacial score (nSPS) is 21.2. The van der Waals surface area contributed by atoms with Crippen LogP contribution in [-0.2, 0) is 16.0 Å². The first-order valence-electron chi connectivity index (χ1n) is 13.3. The highest BCUT2D eigenvalue weighted by molar-refractivity contribution is 5.93. The number of nitrogens with two attached hydrogens (primary N) is 1. The topological polar surface area (TPSA) is 94.8 Å². The van der Waals surface area contributed by atoms with Crippen LogP contribution < -0.4 is 15.2 Å². The van der Waals surface area contributed by atoms with Crippen molar-refractivity contribution < 1.29 is 19.1 Å². The molecule has 3 heterocycles. The van der Waals surface area contributed by atoms with E-state index in [2.05, 4.69) is 26.0 Å². The fraction of sp³-hybridized carbons (Fsp3) is 0.552. The molecule has 7 heteroatoms. The van der Waals surface area contributed by atoms with Crippen molar-refractivity contribution in [3.63, 3.8) is 0 Å². The second-order valence-electron chi connectivity index (χ2n) is 10.4. The number of rotatable bonds is 10. The number of pyridine rings is 1. The maximum atomic E-state index is 13.2. The number of nitrogens with zero attached hydrogens (tertiary/aromatic N) is 2. The molecule has 2 aromatic rings. The number of hydrogen-bond acceptors (Lipinski definition) is 5. The third kappa shape index (κ3) is 6.00. The summed E-state index contributed by atoms with van der Waals surface area (Å²) in [5, 5.41) is 1.85. The number of fused-ring (bicyclic) bond motifs is 3. The minimum Gasteiger partial charge on any atom is -0.491 e. The lowest BCUT2D eigenvalue weighted by molar-refractivity contribution is -0.138. The van der Waals surface area contributed by atoms with E-state index in [1.165, 1.54) is 0 Å². The number of allylic oxidation sites excluding steroid dienone is 2. The van der Waals surface area contributed by atoms with Crippen LogP contribution in [-0.4, -0.2) is 47.0 Å². The Morgan fingerprint density at radius 1 is 1.25 bits per heavy atom. The number of benzene rings is 1. The van der Waals surface area contributed by atoms with E-state index < -0.39 is 11.9 Å². The first-order valence-corrected chi connectivity index (χ1v) is 13.3. The molecule has 2 N–H and O–H groups in total. The Balaban J connectivity index is 1.44. The number of hydrogen-bond donors (Lipinski definition) is 1. The van der Waals surface area contributed by atoms with Gasteiger partial charge in [-0.15, -0.1) is 0 Å². The number of primary amides is 1. The van der Waals surface area contributed by atoms with Gasteiger partial charge < -0.3 is 20.1 Å². The summed E-state index contributed by atoms with van der Waals surface area (Å²) in [5.74, 6) is 1.61. The molecule has 4 atom stereocenters. The van der Waals surface area contributed by atoms with Crippen LogP contribution in [0.15, 0.2) is 36.4 Å². The Morgan fingerprint density at radius 3 is 2.78 bits per heavy atom. The van der Waals surface area contributed by atoms with E-state index in [0.29, 0.717) is 37.8 Å². The fourth-order valence-electron chi connectivity index (χ4n) is 5.53. The highest BCUT2D eigenvalue weighted by atomic mass is 16.5. The number of ether oxygens (including phenoxy) is 2. The zero-order valence-corrected chi connectivity index (χ0v) is 21.7. The van der Waals surface area contributed by atoms with Gasteiger partial charge >= 0.3 is 0 Å². The number of carbonyl (C=O) groups excluding carboxylic acids is 2. The van der Waals surface area contributed by atoms with Crippen molar-refractivity contribution in [2.24, 2.45) is 17.6 Å². The molecule has 1 saturated heterocycles. The van der Waals surface area contributed by atoms with Crippen molar-refractivity contribution in [1.82, 2.24) is 9.88 Å². The third-order valence-electron chi connectivity index (χ3n) is 7.28. The van der Waals surface area contributed by atoms with Gasteiger partial charge in [-0.05, 0) is 56.9 Å². The Bertz CT molecular complexity index is 1120. The Labute approximate surface area is 214 Å². The van der Waals surface area contributed by atoms with Gasteiger partial charge in [-0.25, -0.2) is 4.98 Å². The number of aryl methyl sites for hydroxylation is 1. The first-order chi connectivity index (χ1) is 17.4. The highest BCUT2D eigenvalue weighted by Gasteiger charge is 2.40. The molecular formula is C29H39N3O4. The molecule has 2 aliphatic heterocycles. The van der Waals surface area contributed by atoms with Crippen LogP contribution in [0, 0.1) is 11.8 Å². The lowest BCUT2D eigenvalue weighted by atomic mass is 9.91. The molecule has 194 valence electrons. The maximum absolute atomic E-state index is 13.2. The Kier molecular flexibility index (Phi) is 8.49. The van der Waals surface area contributed by atoms with Crippen molar-refractivity contribution in [2.45, 2.75) is 77.9 Å². The summed E-state index contributed by atoms with van der Waals surface area (Å²) >= 11 is 0. The quantitative estimate of drug-likeness (QED) is 0.480. The molecule has 2 amide bonds. The zero-order chi connectivity index (χ0) is 25.7. The van der Waals surface area contributed by atoms with Crippen LogP contribution in [0.25, 0.3) is 10.8 Å². The summed E-state index contributed by atoms with van der Waals surface area (Å²) in [7, 11) is 0. The van der Waals surface area contributed by atoms with Gasteiger partial charge in [0.2, 0.25) is 17.7 Å². The molecule has 36 heavy (non-hydrogen) atoms. The third-order valence-corrected chi connectivity index (χ3v) is 7.28. The maximum Gasteiger partial charge on any atom is 0.240 e. The smallest absolute Gasteiger partial charge is 0.240 e. The van der Waals surface area contributed by atoms with E-state index in [9.17, 15) is 9.59 Å². The van der Waals surface area contributed by atoms with Crippen LogP contribution in [0.3, 0.4) is 0 Å². The van der Waals surface area contributed by atoms with Gasteiger partial charge in [0, 0.05) is 23.6 Å². The zero-order valence-electron chi connectivity index (χ0n) is 21.7. The van der Waals surface area contributed by atoms with Crippen molar-refractivity contribution in [3.8, 4) is 11.6 Å². The van der Waals surface area contributed by atoms with E-state index >= 15 is 0 Å². The van der Waals surface area contributed by atoms with Gasteiger partial charge in [-0.3, -0.25) is 9.59 Å². The minimum atomic E-state index is -0.658. The molecule has 0 radical (unpaired) electrons. The average Bonchev–Trinajstić information content (AvgIpc) is 3.29. The van der Waals surface area contributed by atoms with E-state index in [1.54, 1.807) is 4.90 Å². The van der Waals surface area contributed by atoms with Crippen molar-refractivity contribution in [1.29, 1.82) is 0 Å². The molecular weight excluding hydrogens is 454 g/mol. The highest BCUT2D eigenvalue weighted by Crippen LogP contribution is 2.38. The predicted molar refractivity (Wildman–Crippen MR) is 141 cm³/mol. The van der Waals surface area contributed by atoms with Crippen LogP contribution in [0.4, 0.5) is 0 Å². The number of aromatic nitrogens is 1. The molecule has 0 unspecified atom stereocenters. The molecule has 1 aromatic heterocycles. The molecule has 0 saturated carbocycles. The summed E-state index contributed by atoms with van der Waals surface area (Å²) in [6, 6.07) is 7.26. The summed E-state index contributed by atoms with van der Waals surface area (Å²) in [5.41, 5.74) is 6.61. The van der Waals surface area contributed by atoms with Crippen molar-refractivity contribution in [2.75, 3.05) is 13.2 Å². The Morgan fingerprint density at radius 2 is 2.03 bits per heavy atom. The summed E-state index contributed by atoms with van der Waals surface area (Å²) < 4.78 is 12.3. The second kappa shape index (κ2) is 11.8. The van der Waals surface area contributed by atoms with Crippen LogP contribution in [0.1, 0.15) is 65.0 Å². The van der Waals surface area contributed by atoms with Crippen LogP contribution in [0.5, 0.6) is 11.6 Å². The van der Waals surface area contributed by atoms with E-state index in [-0.39, 0.29) is 17.9 Å². The summed E-state index contributed by atoms with van der Waals surface area (Å²) in [6.45, 7) is 7.40. The summed E-state index contributed by atoms with van der Waals surface area (Å²) in [6.07, 6.45) is 9.59. The van der Waals surface area contributed by atoms with Crippen molar-refractivity contribution in [3.05, 3.63) is 42.1 Å². The Hall–Kier alpha value is -3.09. The average molecular weight is 494 g/mol. The van der Waals surface area contributed by atoms with Crippen LogP contribution in [0.2, 0.25) is 0 Å². The van der Waals surface area contributed by atoms with E-state index in [1.807, 2.05) is 31.2 Å². The van der Waals surface area contributed by atoms with Gasteiger partial charge in [0.25, 0.3) is 0 Å². The van der Waals surface area contributed by atoms with Gasteiger partial charge in [-0.1, -0.05) is 44.2 Å². The molecule has 0 spiro atoms.